The number of ether oxygens (including phenoxy) is 4. The van der Waals surface area contributed by atoms with Crippen molar-refractivity contribution in [3.05, 3.63) is 59.9 Å². The van der Waals surface area contributed by atoms with Gasteiger partial charge in [-0.25, -0.2) is 28.0 Å². The highest BCUT2D eigenvalue weighted by atomic mass is 32.2. The van der Waals surface area contributed by atoms with E-state index in [9.17, 15) is 18.0 Å². The first-order chi connectivity index (χ1) is 21.5. The predicted octanol–water partition coefficient (Wildman–Crippen LogP) is 1.56. The minimum Gasteiger partial charge on any atom is -0.491 e. The summed E-state index contributed by atoms with van der Waals surface area (Å²) >= 11 is 0.934. The van der Waals surface area contributed by atoms with E-state index in [2.05, 4.69) is 20.6 Å². The van der Waals surface area contributed by atoms with Gasteiger partial charge in [0, 0.05) is 0 Å². The number of primary sulfonamides is 1. The largest absolute Gasteiger partial charge is 0.491 e. The van der Waals surface area contributed by atoms with Crippen LogP contribution in [0, 0.1) is 5.92 Å². The van der Waals surface area contributed by atoms with E-state index in [-0.39, 0.29) is 43.3 Å². The molecule has 2 aromatic carbocycles. The number of nitrogens with one attached hydrogen (secondary N) is 1. The molecule has 4 rings (SSSR count). The third-order valence-corrected chi connectivity index (χ3v) is 8.66. The summed E-state index contributed by atoms with van der Waals surface area (Å²) in [5.41, 5.74) is 1.68. The lowest BCUT2D eigenvalue weighted by atomic mass is 10.0. The van der Waals surface area contributed by atoms with Crippen molar-refractivity contribution in [3.8, 4) is 11.5 Å². The number of nitrogens with zero attached hydrogens (tertiary/aromatic N) is 4. The van der Waals surface area contributed by atoms with Gasteiger partial charge in [-0.15, -0.1) is 16.4 Å². The third-order valence-electron chi connectivity index (χ3n) is 6.33. The number of hydrogen-bond acceptors (Lipinski definition) is 13. The van der Waals surface area contributed by atoms with Gasteiger partial charge in [-0.05, 0) is 41.8 Å². The Balaban J connectivity index is 1.37. The monoisotopic (exact) mass is 662 g/mol. The molecule has 17 heteroatoms. The Morgan fingerprint density at radius 1 is 1.11 bits per heavy atom. The van der Waals surface area contributed by atoms with E-state index in [4.69, 9.17) is 29.2 Å². The molecule has 0 unspecified atom stereocenters. The number of hydrogen-bond donors (Lipinski definition) is 3. The molecule has 0 aliphatic carbocycles. The molecule has 2 atom stereocenters. The molecule has 242 valence electrons. The van der Waals surface area contributed by atoms with Gasteiger partial charge in [0.1, 0.15) is 36.4 Å². The van der Waals surface area contributed by atoms with Gasteiger partial charge in [0.2, 0.25) is 10.2 Å². The lowest BCUT2D eigenvalue weighted by Gasteiger charge is -2.23. The fourth-order valence-corrected chi connectivity index (χ4v) is 5.93. The number of aliphatic hydroxyl groups excluding tert-OH is 1. The quantitative estimate of drug-likeness (QED) is 0.146. The Morgan fingerprint density at radius 2 is 1.89 bits per heavy atom. The van der Waals surface area contributed by atoms with E-state index < -0.39 is 34.0 Å². The van der Waals surface area contributed by atoms with Crippen molar-refractivity contribution in [2.24, 2.45) is 11.1 Å². The second kappa shape index (κ2) is 15.2. The zero-order chi connectivity index (χ0) is 32.6. The van der Waals surface area contributed by atoms with Crippen LogP contribution in [0.3, 0.4) is 0 Å². The average Bonchev–Trinajstić information content (AvgIpc) is 3.65. The summed E-state index contributed by atoms with van der Waals surface area (Å²) in [4.78, 5) is 29.9. The molecule has 0 radical (unpaired) electrons. The molecule has 45 heavy (non-hydrogen) atoms. The number of carbonyl (C=O) groups is 2. The van der Waals surface area contributed by atoms with Crippen molar-refractivity contribution in [2.75, 3.05) is 26.9 Å². The lowest BCUT2D eigenvalue weighted by Crippen LogP contribution is -2.48. The van der Waals surface area contributed by atoms with Crippen LogP contribution in [0.5, 0.6) is 11.5 Å². The van der Waals surface area contributed by atoms with Crippen LogP contribution in [0.15, 0.2) is 53.0 Å². The number of fused-ring (bicyclic) bond motifs is 1. The number of sulfonamides is 1. The smallest absolute Gasteiger partial charge is 0.330 e. The first-order valence-corrected chi connectivity index (χ1v) is 16.1. The van der Waals surface area contributed by atoms with Crippen molar-refractivity contribution >= 4 is 43.5 Å². The van der Waals surface area contributed by atoms with Crippen molar-refractivity contribution < 1.29 is 42.1 Å². The van der Waals surface area contributed by atoms with Crippen molar-refractivity contribution in [2.45, 2.75) is 43.5 Å². The summed E-state index contributed by atoms with van der Waals surface area (Å²) < 4.78 is 46.8. The minimum absolute atomic E-state index is 0.0175. The van der Waals surface area contributed by atoms with E-state index >= 15 is 0 Å². The number of esters is 1. The van der Waals surface area contributed by atoms with Gasteiger partial charge >= 0.3 is 5.97 Å². The van der Waals surface area contributed by atoms with E-state index in [0.717, 1.165) is 16.9 Å². The summed E-state index contributed by atoms with van der Waals surface area (Å²) in [6.07, 6.45) is 1.57. The molecule has 2 heterocycles. The van der Waals surface area contributed by atoms with Crippen LogP contribution in [0.1, 0.15) is 31.1 Å². The highest BCUT2D eigenvalue weighted by Crippen LogP contribution is 2.28. The normalized spacial score (nSPS) is 13.0. The molecule has 4 N–H and O–H groups in total. The van der Waals surface area contributed by atoms with Crippen LogP contribution in [-0.2, 0) is 42.3 Å². The molecule has 0 bridgehead atoms. The maximum atomic E-state index is 13.4. The van der Waals surface area contributed by atoms with E-state index in [0.29, 0.717) is 27.4 Å². The standard InChI is InChI=1S/C28H34N6O9S2/c1-17(2)25(26(36)30-23(27(37)40-3)16-41-14-18-5-4-6-20(11-18)42-10-9-35)34-13-19(32-33-34)15-43-21-7-8-22-24(12-21)44-28(31-22)45(29,38)39/h4-8,11-13,17,23,25,35H,9-10,14-16H2,1-3H3,(H,30,36)(H2,29,38,39)/t23-,25-/m0/s1. The molecule has 0 saturated heterocycles. The number of benzene rings is 2. The Morgan fingerprint density at radius 3 is 2.60 bits per heavy atom. The van der Waals surface area contributed by atoms with Crippen LogP contribution in [0.25, 0.3) is 10.2 Å². The highest BCUT2D eigenvalue weighted by Gasteiger charge is 2.30. The lowest BCUT2D eigenvalue weighted by molar-refractivity contribution is -0.147. The molecule has 0 aliphatic heterocycles. The maximum absolute atomic E-state index is 13.4. The van der Waals surface area contributed by atoms with Gasteiger partial charge in [-0.2, -0.15) is 0 Å². The Hall–Kier alpha value is -4.16. The van der Waals surface area contributed by atoms with Gasteiger partial charge < -0.3 is 29.4 Å². The molecule has 4 aromatic rings. The Labute approximate surface area is 263 Å². The molecule has 0 aliphatic rings. The van der Waals surface area contributed by atoms with Crippen LogP contribution in [0.2, 0.25) is 0 Å². The number of methoxy groups -OCH3 is 1. The summed E-state index contributed by atoms with van der Waals surface area (Å²) in [6.45, 7) is 3.72. The topological polar surface area (TPSA) is 207 Å². The van der Waals surface area contributed by atoms with Crippen LogP contribution >= 0.6 is 11.3 Å². The van der Waals surface area contributed by atoms with E-state index in [1.165, 1.54) is 11.8 Å². The molecule has 1 amide bonds. The highest BCUT2D eigenvalue weighted by molar-refractivity contribution is 7.91. The van der Waals surface area contributed by atoms with Gasteiger partial charge in [0.05, 0.1) is 43.3 Å². The summed E-state index contributed by atoms with van der Waals surface area (Å²) in [5, 5.41) is 25.1. The molecule has 2 aromatic heterocycles. The Bertz CT molecular complexity index is 1720. The van der Waals surface area contributed by atoms with Gasteiger partial charge in [0.25, 0.3) is 10.0 Å². The number of nitrogens with two attached hydrogens (primary N) is 1. The number of aromatic nitrogens is 4. The molecule has 0 fully saturated rings. The summed E-state index contributed by atoms with van der Waals surface area (Å²) in [7, 11) is -2.70. The maximum Gasteiger partial charge on any atom is 0.330 e. The van der Waals surface area contributed by atoms with E-state index in [1.54, 1.807) is 42.6 Å². The fraction of sp³-hybridized carbons (Fsp3) is 0.393. The first-order valence-electron chi connectivity index (χ1n) is 13.7. The number of carbonyl (C=O) groups excluding carboxylic acids is 2. The van der Waals surface area contributed by atoms with Crippen LogP contribution in [-0.4, -0.2) is 78.4 Å². The van der Waals surface area contributed by atoms with Crippen LogP contribution in [0.4, 0.5) is 0 Å². The number of rotatable bonds is 16. The Kier molecular flexibility index (Phi) is 11.4. The number of thiazole rings is 1. The average molecular weight is 663 g/mol. The number of amides is 1. The third kappa shape index (κ3) is 9.18. The first kappa shape index (κ1) is 33.7. The predicted molar refractivity (Wildman–Crippen MR) is 162 cm³/mol. The molecular weight excluding hydrogens is 628 g/mol. The fourth-order valence-electron chi connectivity index (χ4n) is 4.25. The number of aliphatic hydroxyl groups is 1. The van der Waals surface area contributed by atoms with Crippen molar-refractivity contribution in [1.82, 2.24) is 25.3 Å². The molecule has 0 saturated carbocycles. The minimum atomic E-state index is -3.92. The van der Waals surface area contributed by atoms with Gasteiger partial charge in [-0.1, -0.05) is 31.2 Å². The zero-order valence-corrected chi connectivity index (χ0v) is 26.4. The van der Waals surface area contributed by atoms with Crippen LogP contribution < -0.4 is 19.9 Å². The molecule has 0 spiro atoms. The zero-order valence-electron chi connectivity index (χ0n) is 24.8. The summed E-state index contributed by atoms with van der Waals surface area (Å²) in [6, 6.07) is 10.1. The summed E-state index contributed by atoms with van der Waals surface area (Å²) in [5.74, 6) is -0.372. The van der Waals surface area contributed by atoms with Crippen molar-refractivity contribution in [3.63, 3.8) is 0 Å². The second-order valence-electron chi connectivity index (χ2n) is 10.1. The SMILES string of the molecule is COC(=O)[C@H](COCc1cccc(OCCO)c1)NC(=O)[C@H](C(C)C)n1cc(COc2ccc3nc(S(N)(=O)=O)sc3c2)nn1. The van der Waals surface area contributed by atoms with Gasteiger partial charge in [-0.3, -0.25) is 4.79 Å². The van der Waals surface area contributed by atoms with Gasteiger partial charge in [0.15, 0.2) is 6.04 Å². The molecular formula is C28H34N6O9S2. The molecule has 15 nitrogen and oxygen atoms in total. The second-order valence-corrected chi connectivity index (χ2v) is 12.9. The van der Waals surface area contributed by atoms with E-state index in [1.807, 2.05) is 19.9 Å². The van der Waals surface area contributed by atoms with Crippen molar-refractivity contribution in [1.29, 1.82) is 0 Å².